The largest absolute Gasteiger partial charge is 0.354 e. The summed E-state index contributed by atoms with van der Waals surface area (Å²) in [6, 6.07) is 9.22. The second-order valence-electron chi connectivity index (χ2n) is 3.32. The van der Waals surface area contributed by atoms with Gasteiger partial charge in [0.25, 0.3) is 0 Å². The van der Waals surface area contributed by atoms with Gasteiger partial charge in [-0.2, -0.15) is 0 Å². The summed E-state index contributed by atoms with van der Waals surface area (Å²) < 4.78 is 0.954. The van der Waals surface area contributed by atoms with Gasteiger partial charge in [0.15, 0.2) is 0 Å². The number of hydrogen-bond donors (Lipinski definition) is 3. The number of nitrogens with two attached hydrogens (primary N) is 1. The van der Waals surface area contributed by atoms with Gasteiger partial charge >= 0.3 is 0 Å². The molecule has 0 amide bonds. The third-order valence-electron chi connectivity index (χ3n) is 2.12. The first-order valence-corrected chi connectivity index (χ1v) is 6.01. The van der Waals surface area contributed by atoms with Gasteiger partial charge in [-0.3, -0.25) is 0 Å². The van der Waals surface area contributed by atoms with Crippen molar-refractivity contribution in [1.29, 1.82) is 0 Å². The van der Waals surface area contributed by atoms with Crippen LogP contribution in [0.4, 0.5) is 17.2 Å². The number of rotatable bonds is 3. The van der Waals surface area contributed by atoms with Crippen LogP contribution >= 0.6 is 27.5 Å². The van der Waals surface area contributed by atoms with Crippen LogP contribution in [-0.2, 0) is 0 Å². The van der Waals surface area contributed by atoms with Crippen molar-refractivity contribution in [1.82, 2.24) is 4.98 Å². The zero-order chi connectivity index (χ0) is 12.3. The fourth-order valence-corrected chi connectivity index (χ4v) is 1.86. The van der Waals surface area contributed by atoms with Gasteiger partial charge < -0.3 is 10.7 Å². The molecule has 1 heterocycles. The number of aromatic nitrogens is 1. The lowest BCUT2D eigenvalue weighted by molar-refractivity contribution is 1.23. The highest BCUT2D eigenvalue weighted by Gasteiger charge is 2.02. The summed E-state index contributed by atoms with van der Waals surface area (Å²) >= 11 is 9.47. The maximum absolute atomic E-state index is 6.08. The van der Waals surface area contributed by atoms with Gasteiger partial charge in [0, 0.05) is 22.4 Å². The second-order valence-corrected chi connectivity index (χ2v) is 4.65. The zero-order valence-electron chi connectivity index (χ0n) is 8.74. The van der Waals surface area contributed by atoms with Crippen molar-refractivity contribution < 1.29 is 0 Å². The molecule has 0 aliphatic rings. The molecule has 4 N–H and O–H groups in total. The molecule has 6 heteroatoms. The number of nitrogen functional groups attached to an aromatic ring is 1. The Morgan fingerprint density at radius 2 is 2.06 bits per heavy atom. The standard InChI is InChI=1S/C11H10BrClN4/c12-7-1-2-9(13)10(5-7)16-8-3-4-15-11(6-8)17-14/h1-6H,14H2,(H2,15,16,17). The molecule has 4 nitrogen and oxygen atoms in total. The minimum atomic E-state index is 0.584. The number of nitrogens with one attached hydrogen (secondary N) is 2. The molecule has 88 valence electrons. The Labute approximate surface area is 112 Å². The first-order chi connectivity index (χ1) is 8.19. The molecule has 1 aromatic carbocycles. The molecule has 0 saturated carbocycles. The van der Waals surface area contributed by atoms with Crippen molar-refractivity contribution in [2.75, 3.05) is 10.7 Å². The molecule has 2 rings (SSSR count). The van der Waals surface area contributed by atoms with Crippen LogP contribution in [-0.4, -0.2) is 4.98 Å². The number of nitrogens with zero attached hydrogens (tertiary/aromatic N) is 1. The molecule has 0 fully saturated rings. The van der Waals surface area contributed by atoms with Crippen molar-refractivity contribution >= 4 is 44.7 Å². The van der Waals surface area contributed by atoms with E-state index in [0.29, 0.717) is 10.8 Å². The van der Waals surface area contributed by atoms with E-state index in [1.54, 1.807) is 12.3 Å². The fourth-order valence-electron chi connectivity index (χ4n) is 1.34. The molecule has 0 bridgehead atoms. The zero-order valence-corrected chi connectivity index (χ0v) is 11.1. The van der Waals surface area contributed by atoms with E-state index in [0.717, 1.165) is 15.8 Å². The summed E-state index contributed by atoms with van der Waals surface area (Å²) in [5.41, 5.74) is 4.16. The van der Waals surface area contributed by atoms with Crippen LogP contribution < -0.4 is 16.6 Å². The lowest BCUT2D eigenvalue weighted by Gasteiger charge is -2.09. The highest BCUT2D eigenvalue weighted by atomic mass is 79.9. The van der Waals surface area contributed by atoms with Crippen LogP contribution in [0, 0.1) is 0 Å². The molecule has 0 atom stereocenters. The topological polar surface area (TPSA) is 63.0 Å². The minimum absolute atomic E-state index is 0.584. The molecule has 0 spiro atoms. The quantitative estimate of drug-likeness (QED) is 0.599. The summed E-state index contributed by atoms with van der Waals surface area (Å²) in [6.07, 6.45) is 1.66. The Morgan fingerprint density at radius 3 is 2.82 bits per heavy atom. The predicted molar refractivity (Wildman–Crippen MR) is 74.5 cm³/mol. The maximum Gasteiger partial charge on any atom is 0.141 e. The third kappa shape index (κ3) is 3.09. The smallest absolute Gasteiger partial charge is 0.141 e. The van der Waals surface area contributed by atoms with Gasteiger partial charge in [0.1, 0.15) is 5.82 Å². The van der Waals surface area contributed by atoms with Crippen LogP contribution in [0.25, 0.3) is 0 Å². The molecular formula is C11H10BrClN4. The normalized spacial score (nSPS) is 10.1. The van der Waals surface area contributed by atoms with Crippen molar-refractivity contribution in [3.8, 4) is 0 Å². The molecule has 0 aliphatic carbocycles. The minimum Gasteiger partial charge on any atom is -0.354 e. The van der Waals surface area contributed by atoms with Crippen LogP contribution in [0.3, 0.4) is 0 Å². The molecule has 0 unspecified atom stereocenters. The number of anilines is 3. The lowest BCUT2D eigenvalue weighted by Crippen LogP contribution is -2.08. The van der Waals surface area contributed by atoms with Gasteiger partial charge in [0.2, 0.25) is 0 Å². The maximum atomic E-state index is 6.08. The summed E-state index contributed by atoms with van der Waals surface area (Å²) in [5, 5.41) is 3.84. The van der Waals surface area contributed by atoms with Crippen molar-refractivity contribution in [2.45, 2.75) is 0 Å². The number of benzene rings is 1. The van der Waals surface area contributed by atoms with E-state index in [4.69, 9.17) is 17.4 Å². The number of hydrogen-bond acceptors (Lipinski definition) is 4. The van der Waals surface area contributed by atoms with Gasteiger partial charge in [0.05, 0.1) is 10.7 Å². The third-order valence-corrected chi connectivity index (χ3v) is 2.94. The van der Waals surface area contributed by atoms with Crippen LogP contribution in [0.2, 0.25) is 5.02 Å². The first-order valence-electron chi connectivity index (χ1n) is 4.84. The van der Waals surface area contributed by atoms with Crippen LogP contribution in [0.5, 0.6) is 0 Å². The van der Waals surface area contributed by atoms with E-state index in [9.17, 15) is 0 Å². The van der Waals surface area contributed by atoms with E-state index in [1.807, 2.05) is 24.3 Å². The Balaban J connectivity index is 2.27. The first kappa shape index (κ1) is 12.2. The van der Waals surface area contributed by atoms with E-state index >= 15 is 0 Å². The van der Waals surface area contributed by atoms with Crippen LogP contribution in [0.15, 0.2) is 41.0 Å². The van der Waals surface area contributed by atoms with Gasteiger partial charge in [-0.05, 0) is 24.3 Å². The molecule has 0 aliphatic heterocycles. The van der Waals surface area contributed by atoms with Crippen molar-refractivity contribution in [3.63, 3.8) is 0 Å². The molecular weight excluding hydrogens is 304 g/mol. The van der Waals surface area contributed by atoms with E-state index in [1.165, 1.54) is 0 Å². The van der Waals surface area contributed by atoms with Crippen LogP contribution in [0.1, 0.15) is 0 Å². The summed E-state index contributed by atoms with van der Waals surface area (Å²) in [5.74, 6) is 5.88. The van der Waals surface area contributed by atoms with E-state index < -0.39 is 0 Å². The van der Waals surface area contributed by atoms with Crippen molar-refractivity contribution in [2.24, 2.45) is 5.84 Å². The molecule has 0 saturated heterocycles. The van der Waals surface area contributed by atoms with E-state index in [-0.39, 0.29) is 0 Å². The molecule has 1 aromatic heterocycles. The second kappa shape index (κ2) is 5.35. The molecule has 2 aromatic rings. The van der Waals surface area contributed by atoms with Crippen molar-refractivity contribution in [3.05, 3.63) is 46.0 Å². The van der Waals surface area contributed by atoms with Gasteiger partial charge in [-0.25, -0.2) is 10.8 Å². The average molecular weight is 314 g/mol. The van der Waals surface area contributed by atoms with E-state index in [2.05, 4.69) is 31.7 Å². The molecule has 0 radical (unpaired) electrons. The Bertz CT molecular complexity index is 533. The summed E-state index contributed by atoms with van der Waals surface area (Å²) in [6.45, 7) is 0. The Kier molecular flexibility index (Phi) is 3.83. The highest BCUT2D eigenvalue weighted by molar-refractivity contribution is 9.10. The fraction of sp³-hybridized carbons (Fsp3) is 0. The SMILES string of the molecule is NNc1cc(Nc2cc(Br)ccc2Cl)ccn1. The highest BCUT2D eigenvalue weighted by Crippen LogP contribution is 2.28. The van der Waals surface area contributed by atoms with Gasteiger partial charge in [-0.1, -0.05) is 27.5 Å². The predicted octanol–water partition coefficient (Wildman–Crippen LogP) is 3.53. The summed E-state index contributed by atoms with van der Waals surface area (Å²) in [4.78, 5) is 4.02. The number of hydrazine groups is 1. The number of pyridine rings is 1. The molecule has 17 heavy (non-hydrogen) atoms. The Morgan fingerprint density at radius 1 is 1.24 bits per heavy atom. The monoisotopic (exact) mass is 312 g/mol. The van der Waals surface area contributed by atoms with Gasteiger partial charge in [-0.15, -0.1) is 0 Å². The summed E-state index contributed by atoms with van der Waals surface area (Å²) in [7, 11) is 0. The Hall–Kier alpha value is -1.30. The average Bonchev–Trinajstić information content (AvgIpc) is 2.34. The lowest BCUT2D eigenvalue weighted by atomic mass is 10.3. The number of halogens is 2.